The topological polar surface area (TPSA) is 32.3 Å². The number of hydrogen-bond acceptors (Lipinski definition) is 2. The molecule has 98 valence electrons. The van der Waals surface area contributed by atoms with Crippen LogP contribution in [-0.4, -0.2) is 36.5 Å². The highest BCUT2D eigenvalue weighted by Crippen LogP contribution is 2.34. The second-order valence-corrected chi connectivity index (χ2v) is 6.77. The Hall–Kier alpha value is -0.570. The van der Waals surface area contributed by atoms with E-state index in [1.54, 1.807) is 0 Å². The Labute approximate surface area is 105 Å². The maximum Gasteiger partial charge on any atom is 0.227 e. The molecular formula is C14H26N2O. The van der Waals surface area contributed by atoms with Crippen LogP contribution in [0, 0.1) is 17.3 Å². The minimum Gasteiger partial charge on any atom is -0.342 e. The highest BCUT2D eigenvalue weighted by Gasteiger charge is 2.38. The molecule has 2 fully saturated rings. The van der Waals surface area contributed by atoms with Gasteiger partial charge in [0.2, 0.25) is 5.91 Å². The molecule has 3 nitrogen and oxygen atoms in total. The molecule has 0 radical (unpaired) electrons. The smallest absolute Gasteiger partial charge is 0.227 e. The standard InChI is InChI=1S/C14H26N2O/c1-10-12(5-7-15-10)13(17)16-8-6-11(9-16)14(2,3)4/h10-12,15H,5-9H2,1-4H3. The predicted molar refractivity (Wildman–Crippen MR) is 69.7 cm³/mol. The SMILES string of the molecule is CC1NCCC1C(=O)N1CCC(C(C)(C)C)C1. The van der Waals surface area contributed by atoms with Gasteiger partial charge in [-0.2, -0.15) is 0 Å². The molecule has 2 saturated heterocycles. The van der Waals surface area contributed by atoms with Crippen LogP contribution in [0.5, 0.6) is 0 Å². The molecule has 0 aliphatic carbocycles. The van der Waals surface area contributed by atoms with E-state index in [0.717, 1.165) is 26.1 Å². The van der Waals surface area contributed by atoms with E-state index in [2.05, 4.69) is 37.9 Å². The van der Waals surface area contributed by atoms with Gasteiger partial charge in [-0.05, 0) is 37.6 Å². The van der Waals surface area contributed by atoms with Crippen molar-refractivity contribution in [2.45, 2.75) is 46.6 Å². The monoisotopic (exact) mass is 238 g/mol. The Morgan fingerprint density at radius 3 is 2.47 bits per heavy atom. The molecule has 2 aliphatic heterocycles. The van der Waals surface area contributed by atoms with Crippen molar-refractivity contribution in [2.24, 2.45) is 17.3 Å². The van der Waals surface area contributed by atoms with E-state index in [-0.39, 0.29) is 5.92 Å². The number of likely N-dealkylation sites (tertiary alicyclic amines) is 1. The predicted octanol–water partition coefficient (Wildman–Crippen LogP) is 1.88. The van der Waals surface area contributed by atoms with E-state index in [0.29, 0.717) is 23.3 Å². The number of hydrogen-bond donors (Lipinski definition) is 1. The van der Waals surface area contributed by atoms with Crippen LogP contribution in [0.25, 0.3) is 0 Å². The lowest BCUT2D eigenvalue weighted by Gasteiger charge is -2.28. The Balaban J connectivity index is 1.94. The number of nitrogens with zero attached hydrogens (tertiary/aromatic N) is 1. The Bertz CT molecular complexity index is 295. The third kappa shape index (κ3) is 2.65. The van der Waals surface area contributed by atoms with Crippen LogP contribution in [0.2, 0.25) is 0 Å². The van der Waals surface area contributed by atoms with E-state index in [4.69, 9.17) is 0 Å². The van der Waals surface area contributed by atoms with Crippen LogP contribution in [0.15, 0.2) is 0 Å². The van der Waals surface area contributed by atoms with E-state index >= 15 is 0 Å². The molecule has 1 amide bonds. The molecule has 17 heavy (non-hydrogen) atoms. The second kappa shape index (κ2) is 4.60. The third-order valence-electron chi connectivity index (χ3n) is 4.57. The van der Waals surface area contributed by atoms with Crippen molar-refractivity contribution < 1.29 is 4.79 Å². The van der Waals surface area contributed by atoms with Crippen molar-refractivity contribution in [2.75, 3.05) is 19.6 Å². The fourth-order valence-electron chi connectivity index (χ4n) is 3.10. The van der Waals surface area contributed by atoms with Crippen LogP contribution >= 0.6 is 0 Å². The van der Waals surface area contributed by atoms with E-state index in [1.807, 2.05) is 0 Å². The second-order valence-electron chi connectivity index (χ2n) is 6.77. The zero-order chi connectivity index (χ0) is 12.6. The molecule has 3 atom stereocenters. The quantitative estimate of drug-likeness (QED) is 0.756. The van der Waals surface area contributed by atoms with Gasteiger partial charge in [0.15, 0.2) is 0 Å². The normalized spacial score (nSPS) is 34.4. The van der Waals surface area contributed by atoms with Crippen molar-refractivity contribution in [1.82, 2.24) is 10.2 Å². The summed E-state index contributed by atoms with van der Waals surface area (Å²) in [6.07, 6.45) is 2.18. The van der Waals surface area contributed by atoms with Crippen molar-refractivity contribution in [3.05, 3.63) is 0 Å². The summed E-state index contributed by atoms with van der Waals surface area (Å²) in [6, 6.07) is 0.358. The molecule has 0 bridgehead atoms. The summed E-state index contributed by atoms with van der Waals surface area (Å²) < 4.78 is 0. The van der Waals surface area contributed by atoms with Crippen LogP contribution in [0.4, 0.5) is 0 Å². The molecule has 0 aromatic heterocycles. The summed E-state index contributed by atoms with van der Waals surface area (Å²) in [6.45, 7) is 11.9. The van der Waals surface area contributed by atoms with Gasteiger partial charge < -0.3 is 10.2 Å². The first kappa shape index (κ1) is 12.9. The highest BCUT2D eigenvalue weighted by atomic mass is 16.2. The fraction of sp³-hybridized carbons (Fsp3) is 0.929. The molecule has 0 aromatic carbocycles. The van der Waals surface area contributed by atoms with Crippen molar-refractivity contribution in [1.29, 1.82) is 0 Å². The minimum atomic E-state index is 0.216. The summed E-state index contributed by atoms with van der Waals surface area (Å²) in [7, 11) is 0. The highest BCUT2D eigenvalue weighted by molar-refractivity contribution is 5.80. The van der Waals surface area contributed by atoms with Crippen molar-refractivity contribution >= 4 is 5.91 Å². The van der Waals surface area contributed by atoms with Crippen molar-refractivity contribution in [3.8, 4) is 0 Å². The zero-order valence-corrected chi connectivity index (χ0v) is 11.6. The maximum absolute atomic E-state index is 12.4. The minimum absolute atomic E-state index is 0.216. The molecule has 2 aliphatic rings. The first-order valence-corrected chi connectivity index (χ1v) is 6.92. The maximum atomic E-state index is 12.4. The fourth-order valence-corrected chi connectivity index (χ4v) is 3.10. The average molecular weight is 238 g/mol. The first-order valence-electron chi connectivity index (χ1n) is 6.92. The average Bonchev–Trinajstić information content (AvgIpc) is 2.83. The van der Waals surface area contributed by atoms with E-state index < -0.39 is 0 Å². The summed E-state index contributed by atoms with van der Waals surface area (Å²) in [5.74, 6) is 1.26. The molecule has 0 aromatic rings. The molecule has 3 unspecified atom stereocenters. The summed E-state index contributed by atoms with van der Waals surface area (Å²) >= 11 is 0. The number of rotatable bonds is 1. The van der Waals surface area contributed by atoms with Gasteiger partial charge in [0, 0.05) is 19.1 Å². The Morgan fingerprint density at radius 1 is 1.29 bits per heavy atom. The number of nitrogens with one attached hydrogen (secondary N) is 1. The molecular weight excluding hydrogens is 212 g/mol. The molecule has 2 rings (SSSR count). The van der Waals surface area contributed by atoms with Crippen molar-refractivity contribution in [3.63, 3.8) is 0 Å². The van der Waals surface area contributed by atoms with Gasteiger partial charge >= 0.3 is 0 Å². The first-order chi connectivity index (χ1) is 7.89. The van der Waals surface area contributed by atoms with Gasteiger partial charge in [-0.3, -0.25) is 4.79 Å². The zero-order valence-electron chi connectivity index (χ0n) is 11.6. The molecule has 1 N–H and O–H groups in total. The third-order valence-corrected chi connectivity index (χ3v) is 4.57. The van der Waals surface area contributed by atoms with Gasteiger partial charge in [0.25, 0.3) is 0 Å². The van der Waals surface area contributed by atoms with Crippen LogP contribution in [0.3, 0.4) is 0 Å². The lowest BCUT2D eigenvalue weighted by Crippen LogP contribution is -2.39. The summed E-state index contributed by atoms with van der Waals surface area (Å²) in [5, 5.41) is 3.37. The number of carbonyl (C=O) groups excluding carboxylic acids is 1. The Kier molecular flexibility index (Phi) is 3.48. The lowest BCUT2D eigenvalue weighted by molar-refractivity contribution is -0.134. The number of amides is 1. The molecule has 3 heteroatoms. The van der Waals surface area contributed by atoms with E-state index in [9.17, 15) is 4.79 Å². The largest absolute Gasteiger partial charge is 0.342 e. The van der Waals surface area contributed by atoms with Crippen LogP contribution in [-0.2, 0) is 4.79 Å². The molecule has 2 heterocycles. The Morgan fingerprint density at radius 2 is 2.00 bits per heavy atom. The lowest BCUT2D eigenvalue weighted by atomic mass is 9.80. The van der Waals surface area contributed by atoms with Gasteiger partial charge in [0.1, 0.15) is 0 Å². The van der Waals surface area contributed by atoms with E-state index in [1.165, 1.54) is 6.42 Å². The van der Waals surface area contributed by atoms with Gasteiger partial charge in [0.05, 0.1) is 5.92 Å². The summed E-state index contributed by atoms with van der Waals surface area (Å²) in [4.78, 5) is 14.5. The number of carbonyl (C=O) groups is 1. The van der Waals surface area contributed by atoms with Crippen LogP contribution in [0.1, 0.15) is 40.5 Å². The molecule has 0 saturated carbocycles. The van der Waals surface area contributed by atoms with Gasteiger partial charge in [-0.1, -0.05) is 20.8 Å². The molecule has 0 spiro atoms. The summed E-state index contributed by atoms with van der Waals surface area (Å²) in [5.41, 5.74) is 0.328. The van der Waals surface area contributed by atoms with Gasteiger partial charge in [-0.15, -0.1) is 0 Å². The van der Waals surface area contributed by atoms with Gasteiger partial charge in [-0.25, -0.2) is 0 Å². The van der Waals surface area contributed by atoms with Crippen LogP contribution < -0.4 is 5.32 Å².